The van der Waals surface area contributed by atoms with Crippen LogP contribution in [-0.4, -0.2) is 58.6 Å². The number of carboxylic acids is 1. The summed E-state index contributed by atoms with van der Waals surface area (Å²) in [5.74, 6) is -0.930. The van der Waals surface area contributed by atoms with Gasteiger partial charge in [0.05, 0.1) is 11.3 Å². The first-order chi connectivity index (χ1) is 10.1. The van der Waals surface area contributed by atoms with Gasteiger partial charge < -0.3 is 10.0 Å². The average molecular weight is 293 g/mol. The summed E-state index contributed by atoms with van der Waals surface area (Å²) in [6.45, 7) is 12.6. The third-order valence-electron chi connectivity index (χ3n) is 3.75. The maximum absolute atomic E-state index is 10.8. The average Bonchev–Trinajstić information content (AvgIpc) is 2.50. The number of rotatable bonds is 10. The molecule has 1 heterocycles. The number of aromatic nitrogens is 1. The fraction of sp³-hybridized carbons (Fsp3) is 0.625. The van der Waals surface area contributed by atoms with E-state index >= 15 is 0 Å². The topological polar surface area (TPSA) is 56.7 Å². The second kappa shape index (κ2) is 9.47. The van der Waals surface area contributed by atoms with E-state index in [0.717, 1.165) is 51.4 Å². The van der Waals surface area contributed by atoms with Crippen LogP contribution in [0, 0.1) is 0 Å². The van der Waals surface area contributed by atoms with E-state index < -0.39 is 5.97 Å². The Bertz CT molecular complexity index is 416. The Morgan fingerprint density at radius 3 is 2.19 bits per heavy atom. The maximum Gasteiger partial charge on any atom is 0.337 e. The molecule has 5 nitrogen and oxygen atoms in total. The molecule has 21 heavy (non-hydrogen) atoms. The van der Waals surface area contributed by atoms with E-state index in [-0.39, 0.29) is 5.56 Å². The van der Waals surface area contributed by atoms with Crippen molar-refractivity contribution in [3.05, 3.63) is 29.6 Å². The van der Waals surface area contributed by atoms with Gasteiger partial charge in [-0.3, -0.25) is 9.88 Å². The summed E-state index contributed by atoms with van der Waals surface area (Å²) >= 11 is 0. The highest BCUT2D eigenvalue weighted by Gasteiger charge is 2.08. The molecule has 0 aliphatic heterocycles. The fourth-order valence-corrected chi connectivity index (χ4v) is 2.28. The lowest BCUT2D eigenvalue weighted by Gasteiger charge is -2.23. The Morgan fingerprint density at radius 1 is 1.10 bits per heavy atom. The van der Waals surface area contributed by atoms with E-state index in [2.05, 4.69) is 35.6 Å². The highest BCUT2D eigenvalue weighted by atomic mass is 16.4. The van der Waals surface area contributed by atoms with Crippen molar-refractivity contribution in [1.29, 1.82) is 0 Å². The molecule has 0 aliphatic rings. The van der Waals surface area contributed by atoms with Crippen molar-refractivity contribution in [3.63, 3.8) is 0 Å². The molecule has 0 fully saturated rings. The molecule has 1 N–H and O–H groups in total. The summed E-state index contributed by atoms with van der Waals surface area (Å²) in [6, 6.07) is 3.42. The third-order valence-corrected chi connectivity index (χ3v) is 3.75. The zero-order chi connectivity index (χ0) is 15.7. The number of hydrogen-bond acceptors (Lipinski definition) is 4. The third kappa shape index (κ3) is 6.23. The minimum absolute atomic E-state index is 0.239. The van der Waals surface area contributed by atoms with Gasteiger partial charge in [0.1, 0.15) is 0 Å². The molecule has 0 saturated heterocycles. The highest BCUT2D eigenvalue weighted by molar-refractivity contribution is 5.87. The van der Waals surface area contributed by atoms with Gasteiger partial charge in [0.25, 0.3) is 0 Å². The molecule has 0 radical (unpaired) electrons. The van der Waals surface area contributed by atoms with Crippen LogP contribution >= 0.6 is 0 Å². The zero-order valence-electron chi connectivity index (χ0n) is 13.4. The molecule has 0 saturated carbocycles. The number of carboxylic acid groups (broad SMARTS) is 1. The Kier molecular flexibility index (Phi) is 7.93. The second-order valence-electron chi connectivity index (χ2n) is 5.09. The molecule has 118 valence electrons. The highest BCUT2D eigenvalue weighted by Crippen LogP contribution is 2.05. The van der Waals surface area contributed by atoms with Gasteiger partial charge in [-0.1, -0.05) is 20.8 Å². The predicted molar refractivity (Wildman–Crippen MR) is 84.6 cm³/mol. The second-order valence-corrected chi connectivity index (χ2v) is 5.09. The van der Waals surface area contributed by atoms with Crippen LogP contribution in [0.25, 0.3) is 0 Å². The molecule has 0 bridgehead atoms. The van der Waals surface area contributed by atoms with Gasteiger partial charge in [0.2, 0.25) is 0 Å². The number of hydrogen-bond donors (Lipinski definition) is 1. The molecule has 0 aliphatic carbocycles. The molecule has 1 rings (SSSR count). The minimum atomic E-state index is -0.930. The molecule has 1 aromatic heterocycles. The van der Waals surface area contributed by atoms with Crippen molar-refractivity contribution in [3.8, 4) is 0 Å². The Hall–Kier alpha value is -1.46. The predicted octanol–water partition coefficient (Wildman–Crippen LogP) is 2.33. The zero-order valence-corrected chi connectivity index (χ0v) is 13.4. The lowest BCUT2D eigenvalue weighted by molar-refractivity contribution is 0.0696. The first-order valence-electron chi connectivity index (χ1n) is 7.73. The molecule has 0 atom stereocenters. The molecule has 0 aromatic carbocycles. The van der Waals surface area contributed by atoms with Crippen molar-refractivity contribution in [2.75, 3.05) is 32.7 Å². The summed E-state index contributed by atoms with van der Waals surface area (Å²) in [5, 5.41) is 8.86. The van der Waals surface area contributed by atoms with Crippen molar-refractivity contribution >= 4 is 5.97 Å². The largest absolute Gasteiger partial charge is 0.478 e. The van der Waals surface area contributed by atoms with Gasteiger partial charge in [0, 0.05) is 12.7 Å². The van der Waals surface area contributed by atoms with Crippen LogP contribution in [0.4, 0.5) is 0 Å². The molecular formula is C16H27N3O2. The van der Waals surface area contributed by atoms with Crippen LogP contribution in [0.5, 0.6) is 0 Å². The van der Waals surface area contributed by atoms with Crippen LogP contribution in [0.15, 0.2) is 18.3 Å². The molecule has 1 aromatic rings. The smallest absolute Gasteiger partial charge is 0.337 e. The Balaban J connectivity index is 2.44. The number of pyridine rings is 1. The van der Waals surface area contributed by atoms with Crippen LogP contribution in [0.3, 0.4) is 0 Å². The SMILES string of the molecule is CCN(CC)CCCN(CC)Cc1ccc(C(=O)O)cn1. The van der Waals surface area contributed by atoms with Gasteiger partial charge in [-0.2, -0.15) is 0 Å². The van der Waals surface area contributed by atoms with E-state index in [0.29, 0.717) is 0 Å². The normalized spacial score (nSPS) is 11.3. The minimum Gasteiger partial charge on any atom is -0.478 e. The van der Waals surface area contributed by atoms with E-state index in [1.165, 1.54) is 6.20 Å². The number of aromatic carboxylic acids is 1. The Labute approximate surface area is 127 Å². The molecule has 0 unspecified atom stereocenters. The summed E-state index contributed by atoms with van der Waals surface area (Å²) in [5.41, 5.74) is 1.16. The summed E-state index contributed by atoms with van der Waals surface area (Å²) in [6.07, 6.45) is 2.57. The lowest BCUT2D eigenvalue weighted by Crippen LogP contribution is -2.30. The van der Waals surface area contributed by atoms with Gasteiger partial charge >= 0.3 is 5.97 Å². The van der Waals surface area contributed by atoms with Crippen molar-refractivity contribution in [2.24, 2.45) is 0 Å². The van der Waals surface area contributed by atoms with E-state index in [1.54, 1.807) is 12.1 Å². The van der Waals surface area contributed by atoms with Gasteiger partial charge in [-0.25, -0.2) is 4.79 Å². The standard InChI is InChI=1S/C16H27N3O2/c1-4-18(5-2)10-7-11-19(6-3)13-15-9-8-14(12-17-15)16(20)21/h8-9,12H,4-7,10-11,13H2,1-3H3,(H,20,21). The summed E-state index contributed by atoms with van der Waals surface area (Å²) < 4.78 is 0. The van der Waals surface area contributed by atoms with Crippen LogP contribution in [-0.2, 0) is 6.54 Å². The summed E-state index contributed by atoms with van der Waals surface area (Å²) in [7, 11) is 0. The first kappa shape index (κ1) is 17.6. The molecule has 0 spiro atoms. The molecule has 5 heteroatoms. The van der Waals surface area contributed by atoms with E-state index in [4.69, 9.17) is 5.11 Å². The lowest BCUT2D eigenvalue weighted by atomic mass is 10.2. The Morgan fingerprint density at radius 2 is 1.71 bits per heavy atom. The van der Waals surface area contributed by atoms with E-state index in [9.17, 15) is 4.79 Å². The fourth-order valence-electron chi connectivity index (χ4n) is 2.28. The van der Waals surface area contributed by atoms with Crippen molar-refractivity contribution in [1.82, 2.24) is 14.8 Å². The van der Waals surface area contributed by atoms with Crippen LogP contribution in [0.1, 0.15) is 43.2 Å². The van der Waals surface area contributed by atoms with Crippen molar-refractivity contribution in [2.45, 2.75) is 33.7 Å². The molecular weight excluding hydrogens is 266 g/mol. The van der Waals surface area contributed by atoms with Crippen molar-refractivity contribution < 1.29 is 9.90 Å². The van der Waals surface area contributed by atoms with Crippen LogP contribution < -0.4 is 0 Å². The molecule has 0 amide bonds. The van der Waals surface area contributed by atoms with Gasteiger partial charge in [-0.05, 0) is 51.3 Å². The number of carbonyl (C=O) groups is 1. The van der Waals surface area contributed by atoms with E-state index in [1.807, 2.05) is 0 Å². The summed E-state index contributed by atoms with van der Waals surface area (Å²) in [4.78, 5) is 19.8. The van der Waals surface area contributed by atoms with Gasteiger partial charge in [-0.15, -0.1) is 0 Å². The quantitative estimate of drug-likeness (QED) is 0.717. The monoisotopic (exact) mass is 293 g/mol. The van der Waals surface area contributed by atoms with Gasteiger partial charge in [0.15, 0.2) is 0 Å². The maximum atomic E-state index is 10.8. The first-order valence-corrected chi connectivity index (χ1v) is 7.73. The van der Waals surface area contributed by atoms with Crippen LogP contribution in [0.2, 0.25) is 0 Å². The number of nitrogens with zero attached hydrogens (tertiary/aromatic N) is 3.